The molecule has 1 amide bonds. The zero-order valence-corrected chi connectivity index (χ0v) is 10.3. The zero-order valence-electron chi connectivity index (χ0n) is 10.3. The van der Waals surface area contributed by atoms with Gasteiger partial charge in [-0.3, -0.25) is 9.59 Å². The molecule has 2 atom stereocenters. The number of carbonyl (C=O) groups excluding carboxylic acids is 2. The van der Waals surface area contributed by atoms with E-state index in [2.05, 4.69) is 6.07 Å². The molecule has 3 rings (SSSR count). The first kappa shape index (κ1) is 11.3. The van der Waals surface area contributed by atoms with Gasteiger partial charge in [0.15, 0.2) is 0 Å². The van der Waals surface area contributed by atoms with Crippen molar-refractivity contribution in [2.45, 2.75) is 31.9 Å². The van der Waals surface area contributed by atoms with E-state index in [9.17, 15) is 9.59 Å². The second-order valence-corrected chi connectivity index (χ2v) is 4.83. The Kier molecular flexibility index (Phi) is 2.58. The molecule has 0 saturated carbocycles. The monoisotopic (exact) mass is 245 g/mol. The van der Waals surface area contributed by atoms with Crippen molar-refractivity contribution < 1.29 is 14.3 Å². The fourth-order valence-electron chi connectivity index (χ4n) is 3.00. The van der Waals surface area contributed by atoms with Gasteiger partial charge in [-0.2, -0.15) is 0 Å². The number of fused-ring (bicyclic) bond motifs is 3. The van der Waals surface area contributed by atoms with E-state index in [-0.39, 0.29) is 24.0 Å². The molecular formula is C14H15NO3. The van der Waals surface area contributed by atoms with Gasteiger partial charge in [-0.15, -0.1) is 0 Å². The van der Waals surface area contributed by atoms with Gasteiger partial charge < -0.3 is 9.64 Å². The van der Waals surface area contributed by atoms with Gasteiger partial charge in [0, 0.05) is 13.5 Å². The predicted molar refractivity (Wildman–Crippen MR) is 64.8 cm³/mol. The SMILES string of the molecule is CC(=O)O[C@@H]1CC(=O)N2CCc3ccccc3[C@@H]12. The Morgan fingerprint density at radius 1 is 1.39 bits per heavy atom. The van der Waals surface area contributed by atoms with Crippen LogP contribution in [0, 0.1) is 0 Å². The number of carbonyl (C=O) groups is 2. The second kappa shape index (κ2) is 4.12. The van der Waals surface area contributed by atoms with Crippen molar-refractivity contribution in [3.8, 4) is 0 Å². The quantitative estimate of drug-likeness (QED) is 0.703. The van der Waals surface area contributed by atoms with Crippen molar-refractivity contribution in [2.24, 2.45) is 0 Å². The first-order valence-electron chi connectivity index (χ1n) is 6.21. The lowest BCUT2D eigenvalue weighted by molar-refractivity contribution is -0.147. The Hall–Kier alpha value is -1.84. The summed E-state index contributed by atoms with van der Waals surface area (Å²) < 4.78 is 5.31. The largest absolute Gasteiger partial charge is 0.459 e. The third kappa shape index (κ3) is 1.68. The van der Waals surface area contributed by atoms with Crippen LogP contribution in [0.2, 0.25) is 0 Å². The zero-order chi connectivity index (χ0) is 12.7. The number of hydrogen-bond donors (Lipinski definition) is 0. The van der Waals surface area contributed by atoms with Gasteiger partial charge in [0.1, 0.15) is 6.10 Å². The number of esters is 1. The van der Waals surface area contributed by atoms with Gasteiger partial charge in [-0.25, -0.2) is 0 Å². The van der Waals surface area contributed by atoms with E-state index in [0.29, 0.717) is 6.42 Å². The van der Waals surface area contributed by atoms with Gasteiger partial charge >= 0.3 is 5.97 Å². The van der Waals surface area contributed by atoms with Crippen molar-refractivity contribution in [2.75, 3.05) is 6.54 Å². The molecule has 2 heterocycles. The van der Waals surface area contributed by atoms with Crippen molar-refractivity contribution in [3.05, 3.63) is 35.4 Å². The van der Waals surface area contributed by atoms with Crippen LogP contribution in [-0.2, 0) is 20.7 Å². The van der Waals surface area contributed by atoms with E-state index in [1.807, 2.05) is 23.1 Å². The number of hydrogen-bond acceptors (Lipinski definition) is 3. The minimum Gasteiger partial charge on any atom is -0.459 e. The average molecular weight is 245 g/mol. The summed E-state index contributed by atoms with van der Waals surface area (Å²) in [6.07, 6.45) is 0.848. The van der Waals surface area contributed by atoms with Crippen molar-refractivity contribution >= 4 is 11.9 Å². The molecule has 4 heteroatoms. The Balaban J connectivity index is 1.99. The summed E-state index contributed by atoms with van der Waals surface area (Å²) in [6, 6.07) is 8.00. The highest BCUT2D eigenvalue weighted by Crippen LogP contribution is 2.39. The van der Waals surface area contributed by atoms with Gasteiger partial charge in [-0.1, -0.05) is 24.3 Å². The summed E-state index contributed by atoms with van der Waals surface area (Å²) in [6.45, 7) is 2.11. The molecule has 0 bridgehead atoms. The predicted octanol–water partition coefficient (Wildman–Crippen LogP) is 1.45. The smallest absolute Gasteiger partial charge is 0.303 e. The topological polar surface area (TPSA) is 46.6 Å². The van der Waals surface area contributed by atoms with Gasteiger partial charge in [0.25, 0.3) is 0 Å². The fourth-order valence-corrected chi connectivity index (χ4v) is 3.00. The third-order valence-electron chi connectivity index (χ3n) is 3.70. The molecule has 0 spiro atoms. The van der Waals surface area contributed by atoms with E-state index in [1.54, 1.807) is 0 Å². The first-order chi connectivity index (χ1) is 8.66. The lowest BCUT2D eigenvalue weighted by Gasteiger charge is -2.34. The molecule has 1 saturated heterocycles. The lowest BCUT2D eigenvalue weighted by atomic mass is 9.91. The standard InChI is InChI=1S/C14H15NO3/c1-9(16)18-12-8-13(17)15-7-6-10-4-2-3-5-11(10)14(12)15/h2-5,12,14H,6-8H2,1H3/t12-,14+/m1/s1. The molecule has 0 N–H and O–H groups in total. The minimum absolute atomic E-state index is 0.0840. The number of nitrogens with zero attached hydrogens (tertiary/aromatic N) is 1. The number of benzene rings is 1. The van der Waals surface area contributed by atoms with E-state index in [4.69, 9.17) is 4.74 Å². The summed E-state index contributed by atoms with van der Waals surface area (Å²) in [5.74, 6) is -0.238. The molecule has 94 valence electrons. The van der Waals surface area contributed by atoms with Gasteiger partial charge in [0.05, 0.1) is 12.5 Å². The highest BCUT2D eigenvalue weighted by Gasteiger charge is 2.45. The minimum atomic E-state index is -0.337. The Bertz CT molecular complexity index is 512. The Morgan fingerprint density at radius 3 is 2.94 bits per heavy atom. The molecule has 0 aliphatic carbocycles. The first-order valence-corrected chi connectivity index (χ1v) is 6.21. The van der Waals surface area contributed by atoms with Crippen LogP contribution < -0.4 is 0 Å². The normalized spacial score (nSPS) is 25.6. The van der Waals surface area contributed by atoms with Crippen molar-refractivity contribution in [1.82, 2.24) is 4.90 Å². The molecule has 1 aromatic carbocycles. The van der Waals surface area contributed by atoms with Crippen LogP contribution in [0.4, 0.5) is 0 Å². The summed E-state index contributed by atoms with van der Waals surface area (Å²) >= 11 is 0. The molecule has 18 heavy (non-hydrogen) atoms. The van der Waals surface area contributed by atoms with Crippen LogP contribution in [0.15, 0.2) is 24.3 Å². The fraction of sp³-hybridized carbons (Fsp3) is 0.429. The Labute approximate surface area is 106 Å². The maximum Gasteiger partial charge on any atom is 0.303 e. The van der Waals surface area contributed by atoms with Crippen LogP contribution in [0.3, 0.4) is 0 Å². The number of ether oxygens (including phenoxy) is 1. The molecule has 0 aromatic heterocycles. The summed E-state index contributed by atoms with van der Waals surface area (Å²) in [5, 5.41) is 0. The Morgan fingerprint density at radius 2 is 2.17 bits per heavy atom. The molecule has 0 unspecified atom stereocenters. The van der Waals surface area contributed by atoms with Gasteiger partial charge in [-0.05, 0) is 17.5 Å². The van der Waals surface area contributed by atoms with Crippen LogP contribution in [0.1, 0.15) is 30.5 Å². The van der Waals surface area contributed by atoms with E-state index in [1.165, 1.54) is 12.5 Å². The van der Waals surface area contributed by atoms with E-state index < -0.39 is 0 Å². The lowest BCUT2D eigenvalue weighted by Crippen LogP contribution is -2.37. The molecule has 4 nitrogen and oxygen atoms in total. The van der Waals surface area contributed by atoms with E-state index in [0.717, 1.165) is 18.5 Å². The summed E-state index contributed by atoms with van der Waals surface area (Å²) in [4.78, 5) is 24.9. The highest BCUT2D eigenvalue weighted by atomic mass is 16.5. The van der Waals surface area contributed by atoms with Crippen molar-refractivity contribution in [3.63, 3.8) is 0 Å². The van der Waals surface area contributed by atoms with Crippen LogP contribution in [0.25, 0.3) is 0 Å². The molecule has 1 fully saturated rings. The molecule has 2 aliphatic heterocycles. The number of rotatable bonds is 1. The third-order valence-corrected chi connectivity index (χ3v) is 3.70. The maximum absolute atomic E-state index is 11.9. The van der Waals surface area contributed by atoms with Crippen LogP contribution in [-0.4, -0.2) is 29.4 Å². The maximum atomic E-state index is 11.9. The number of amides is 1. The summed E-state index contributed by atoms with van der Waals surface area (Å²) in [7, 11) is 0. The van der Waals surface area contributed by atoms with E-state index >= 15 is 0 Å². The van der Waals surface area contributed by atoms with Crippen LogP contribution >= 0.6 is 0 Å². The van der Waals surface area contributed by atoms with Crippen molar-refractivity contribution in [1.29, 1.82) is 0 Å². The molecular weight excluding hydrogens is 230 g/mol. The molecule has 2 aliphatic rings. The second-order valence-electron chi connectivity index (χ2n) is 4.83. The summed E-state index contributed by atoms with van der Waals surface area (Å²) in [5.41, 5.74) is 2.38. The highest BCUT2D eigenvalue weighted by molar-refractivity contribution is 5.81. The van der Waals surface area contributed by atoms with Gasteiger partial charge in [0.2, 0.25) is 5.91 Å². The van der Waals surface area contributed by atoms with Crippen LogP contribution in [0.5, 0.6) is 0 Å². The molecule has 0 radical (unpaired) electrons. The molecule has 1 aromatic rings. The average Bonchev–Trinajstić information content (AvgIpc) is 2.66.